The van der Waals surface area contributed by atoms with Crippen LogP contribution < -0.4 is 0 Å². The predicted octanol–water partition coefficient (Wildman–Crippen LogP) is 5.09. The number of rotatable bonds is 2. The summed E-state index contributed by atoms with van der Waals surface area (Å²) in [6, 6.07) is 15.4. The Labute approximate surface area is 137 Å². The molecule has 0 aromatic heterocycles. The van der Waals surface area contributed by atoms with Crippen LogP contribution in [0.2, 0.25) is 0 Å². The standard InChI is InChI=1S/C13H9I3/c14-11-3-1-2-9(5-11)4-10-6-12(15)8-13(16)7-10/h1-3,5-8H,4H2. The van der Waals surface area contributed by atoms with Gasteiger partial charge in [-0.15, -0.1) is 0 Å². The Hall–Kier alpha value is 0.630. The average molecular weight is 546 g/mol. The molecule has 0 fully saturated rings. The van der Waals surface area contributed by atoms with Crippen molar-refractivity contribution in [1.29, 1.82) is 0 Å². The van der Waals surface area contributed by atoms with Gasteiger partial charge in [-0.3, -0.25) is 0 Å². The first-order chi connectivity index (χ1) is 7.63. The molecule has 0 amide bonds. The summed E-state index contributed by atoms with van der Waals surface area (Å²) in [5.74, 6) is 0. The van der Waals surface area contributed by atoms with Gasteiger partial charge in [-0.1, -0.05) is 12.1 Å². The highest BCUT2D eigenvalue weighted by molar-refractivity contribution is 14.1. The van der Waals surface area contributed by atoms with Crippen molar-refractivity contribution in [2.45, 2.75) is 6.42 Å². The molecule has 0 nitrogen and oxygen atoms in total. The summed E-state index contributed by atoms with van der Waals surface area (Å²) in [5.41, 5.74) is 2.77. The first kappa shape index (κ1) is 13.1. The lowest BCUT2D eigenvalue weighted by molar-refractivity contribution is 1.18. The van der Waals surface area contributed by atoms with Gasteiger partial charge in [0.05, 0.1) is 0 Å². The van der Waals surface area contributed by atoms with Gasteiger partial charge in [0.25, 0.3) is 0 Å². The number of hydrogen-bond donors (Lipinski definition) is 0. The quantitative estimate of drug-likeness (QED) is 0.461. The van der Waals surface area contributed by atoms with Crippen LogP contribution in [-0.4, -0.2) is 0 Å². The second-order valence-electron chi connectivity index (χ2n) is 3.58. The van der Waals surface area contributed by atoms with Crippen molar-refractivity contribution in [1.82, 2.24) is 0 Å². The largest absolute Gasteiger partial charge is 0.0609 e. The molecule has 0 bridgehead atoms. The molecule has 0 saturated heterocycles. The van der Waals surface area contributed by atoms with Gasteiger partial charge in [-0.2, -0.15) is 0 Å². The van der Waals surface area contributed by atoms with E-state index in [1.165, 1.54) is 21.8 Å². The maximum Gasteiger partial charge on any atom is 0.0143 e. The molecule has 16 heavy (non-hydrogen) atoms. The highest BCUT2D eigenvalue weighted by atomic mass is 127. The van der Waals surface area contributed by atoms with E-state index in [1.807, 2.05) is 0 Å². The van der Waals surface area contributed by atoms with Crippen LogP contribution in [0.4, 0.5) is 0 Å². The van der Waals surface area contributed by atoms with Crippen LogP contribution in [0.25, 0.3) is 0 Å². The van der Waals surface area contributed by atoms with Gasteiger partial charge in [0, 0.05) is 10.7 Å². The van der Waals surface area contributed by atoms with Crippen LogP contribution in [-0.2, 0) is 6.42 Å². The fraction of sp³-hybridized carbons (Fsp3) is 0.0769. The molecule has 0 atom stereocenters. The number of benzene rings is 2. The van der Waals surface area contributed by atoms with Crippen molar-refractivity contribution in [2.24, 2.45) is 0 Å². The van der Waals surface area contributed by atoms with Gasteiger partial charge in [0.15, 0.2) is 0 Å². The highest BCUT2D eigenvalue weighted by Gasteiger charge is 2.00. The lowest BCUT2D eigenvalue weighted by Gasteiger charge is -2.04. The highest BCUT2D eigenvalue weighted by Crippen LogP contribution is 2.18. The summed E-state index contributed by atoms with van der Waals surface area (Å²) in [6.07, 6.45) is 1.02. The Kier molecular flexibility index (Phi) is 4.89. The lowest BCUT2D eigenvalue weighted by atomic mass is 10.1. The zero-order valence-corrected chi connectivity index (χ0v) is 14.9. The van der Waals surface area contributed by atoms with Crippen molar-refractivity contribution >= 4 is 67.8 Å². The van der Waals surface area contributed by atoms with Crippen LogP contribution in [0.3, 0.4) is 0 Å². The second kappa shape index (κ2) is 5.99. The normalized spacial score (nSPS) is 10.4. The van der Waals surface area contributed by atoms with E-state index in [-0.39, 0.29) is 0 Å². The first-order valence-corrected chi connectivity index (χ1v) is 8.06. The van der Waals surface area contributed by atoms with E-state index in [2.05, 4.69) is 110 Å². The third kappa shape index (κ3) is 3.83. The van der Waals surface area contributed by atoms with Crippen molar-refractivity contribution in [3.63, 3.8) is 0 Å². The molecule has 0 aliphatic rings. The van der Waals surface area contributed by atoms with Crippen LogP contribution in [0.5, 0.6) is 0 Å². The summed E-state index contributed by atoms with van der Waals surface area (Å²) >= 11 is 7.11. The molecule has 82 valence electrons. The Morgan fingerprint density at radius 2 is 1.31 bits per heavy atom. The SMILES string of the molecule is Ic1cccc(Cc2cc(I)cc(I)c2)c1. The molecule has 3 heteroatoms. The van der Waals surface area contributed by atoms with Crippen LogP contribution in [0, 0.1) is 10.7 Å². The van der Waals surface area contributed by atoms with E-state index in [1.54, 1.807) is 0 Å². The summed E-state index contributed by atoms with van der Waals surface area (Å²) in [5, 5.41) is 0. The van der Waals surface area contributed by atoms with E-state index >= 15 is 0 Å². The molecule has 0 aliphatic heterocycles. The maximum absolute atomic E-state index is 2.37. The van der Waals surface area contributed by atoms with Crippen molar-refractivity contribution < 1.29 is 0 Å². The van der Waals surface area contributed by atoms with Gasteiger partial charge in [0.1, 0.15) is 0 Å². The predicted molar refractivity (Wildman–Crippen MR) is 93.8 cm³/mol. The van der Waals surface area contributed by atoms with Crippen molar-refractivity contribution in [3.8, 4) is 0 Å². The fourth-order valence-corrected chi connectivity index (χ4v) is 4.27. The average Bonchev–Trinajstić information content (AvgIpc) is 2.15. The number of hydrogen-bond acceptors (Lipinski definition) is 0. The molecule has 0 N–H and O–H groups in total. The summed E-state index contributed by atoms with van der Waals surface area (Å²) in [6.45, 7) is 0. The van der Waals surface area contributed by atoms with E-state index in [9.17, 15) is 0 Å². The summed E-state index contributed by atoms with van der Waals surface area (Å²) in [7, 11) is 0. The maximum atomic E-state index is 2.37. The Morgan fingerprint density at radius 1 is 0.688 bits per heavy atom. The molecule has 0 aliphatic carbocycles. The molecule has 0 heterocycles. The van der Waals surface area contributed by atoms with Crippen LogP contribution in [0.1, 0.15) is 11.1 Å². The van der Waals surface area contributed by atoms with E-state index in [0.29, 0.717) is 0 Å². The Balaban J connectivity index is 2.27. The summed E-state index contributed by atoms with van der Waals surface area (Å²) in [4.78, 5) is 0. The minimum Gasteiger partial charge on any atom is -0.0609 e. The topological polar surface area (TPSA) is 0 Å². The molecule has 0 unspecified atom stereocenters. The monoisotopic (exact) mass is 546 g/mol. The van der Waals surface area contributed by atoms with Gasteiger partial charge in [0.2, 0.25) is 0 Å². The third-order valence-electron chi connectivity index (χ3n) is 2.22. The van der Waals surface area contributed by atoms with Crippen LogP contribution >= 0.6 is 67.8 Å². The zero-order chi connectivity index (χ0) is 11.5. The molecule has 2 aromatic rings. The van der Waals surface area contributed by atoms with Gasteiger partial charge in [-0.25, -0.2) is 0 Å². The van der Waals surface area contributed by atoms with E-state index in [0.717, 1.165) is 6.42 Å². The van der Waals surface area contributed by atoms with E-state index < -0.39 is 0 Å². The molecule has 0 spiro atoms. The molecule has 2 aromatic carbocycles. The van der Waals surface area contributed by atoms with Gasteiger partial charge < -0.3 is 0 Å². The Bertz CT molecular complexity index is 486. The van der Waals surface area contributed by atoms with Crippen molar-refractivity contribution in [3.05, 3.63) is 64.3 Å². The second-order valence-corrected chi connectivity index (χ2v) is 7.32. The first-order valence-electron chi connectivity index (χ1n) is 4.83. The van der Waals surface area contributed by atoms with Gasteiger partial charge >= 0.3 is 0 Å². The van der Waals surface area contributed by atoms with E-state index in [4.69, 9.17) is 0 Å². The minimum absolute atomic E-state index is 1.02. The molecule has 0 radical (unpaired) electrons. The zero-order valence-electron chi connectivity index (χ0n) is 8.38. The van der Waals surface area contributed by atoms with Crippen LogP contribution in [0.15, 0.2) is 42.5 Å². The fourth-order valence-electron chi connectivity index (χ4n) is 1.60. The molecule has 0 saturated carbocycles. The Morgan fingerprint density at radius 3 is 1.94 bits per heavy atom. The molecule has 2 rings (SSSR count). The summed E-state index contributed by atoms with van der Waals surface area (Å²) < 4.78 is 3.92. The lowest BCUT2D eigenvalue weighted by Crippen LogP contribution is -1.90. The molecular weight excluding hydrogens is 537 g/mol. The smallest absolute Gasteiger partial charge is 0.0143 e. The molecular formula is C13H9I3. The van der Waals surface area contributed by atoms with Gasteiger partial charge in [-0.05, 0) is 116 Å². The number of halogens is 3. The van der Waals surface area contributed by atoms with Crippen molar-refractivity contribution in [2.75, 3.05) is 0 Å². The minimum atomic E-state index is 1.02. The third-order valence-corrected chi connectivity index (χ3v) is 4.14.